The highest BCUT2D eigenvalue weighted by Gasteiger charge is 2.20. The Hall–Kier alpha value is -2.64. The van der Waals surface area contributed by atoms with Gasteiger partial charge in [0.25, 0.3) is 0 Å². The van der Waals surface area contributed by atoms with E-state index in [0.717, 1.165) is 0 Å². The molecule has 0 saturated carbocycles. The van der Waals surface area contributed by atoms with Crippen molar-refractivity contribution in [1.82, 2.24) is 0 Å². The molecule has 0 aromatic carbocycles. The molecule has 0 radical (unpaired) electrons. The zero-order valence-corrected chi connectivity index (χ0v) is 19.5. The molecule has 0 N–H and O–H groups in total. The minimum absolute atomic E-state index is 0.000631. The maximum absolute atomic E-state index is 11.6. The SMILES string of the molecule is CCOC(=O)OC(C)C(=O)OCCOCCOCCOCCOC(=O)C(C)OC(=O)OCC. The summed E-state index contributed by atoms with van der Waals surface area (Å²) in [5, 5.41) is 0. The van der Waals surface area contributed by atoms with Crippen molar-refractivity contribution in [2.45, 2.75) is 39.9 Å². The normalized spacial score (nSPS) is 12.2. The van der Waals surface area contributed by atoms with Crippen LogP contribution in [0.25, 0.3) is 0 Å². The summed E-state index contributed by atoms with van der Waals surface area (Å²) in [7, 11) is 0. The van der Waals surface area contributed by atoms with Crippen molar-refractivity contribution in [3.63, 3.8) is 0 Å². The molecular formula is C20H34O13. The zero-order valence-electron chi connectivity index (χ0n) is 19.5. The first-order valence-corrected chi connectivity index (χ1v) is 10.5. The number of ether oxygens (including phenoxy) is 9. The highest BCUT2D eigenvalue weighted by Crippen LogP contribution is 1.99. The van der Waals surface area contributed by atoms with Gasteiger partial charge in [0.1, 0.15) is 13.2 Å². The van der Waals surface area contributed by atoms with Gasteiger partial charge in [0.05, 0.1) is 52.9 Å². The summed E-state index contributed by atoms with van der Waals surface area (Å²) in [5.41, 5.74) is 0. The van der Waals surface area contributed by atoms with Crippen LogP contribution in [0, 0.1) is 0 Å². The van der Waals surface area contributed by atoms with Crippen LogP contribution in [0.1, 0.15) is 27.7 Å². The first-order valence-electron chi connectivity index (χ1n) is 10.5. The van der Waals surface area contributed by atoms with Crippen molar-refractivity contribution in [2.75, 3.05) is 66.1 Å². The van der Waals surface area contributed by atoms with Crippen molar-refractivity contribution < 1.29 is 61.8 Å². The molecule has 13 nitrogen and oxygen atoms in total. The Morgan fingerprint density at radius 2 is 0.818 bits per heavy atom. The molecule has 0 aliphatic rings. The number of esters is 2. The quantitative estimate of drug-likeness (QED) is 0.157. The molecule has 0 aromatic rings. The van der Waals surface area contributed by atoms with Crippen LogP contribution in [-0.2, 0) is 52.2 Å². The molecule has 2 atom stereocenters. The second-order valence-corrected chi connectivity index (χ2v) is 6.06. The fourth-order valence-corrected chi connectivity index (χ4v) is 1.87. The van der Waals surface area contributed by atoms with Gasteiger partial charge in [0.2, 0.25) is 0 Å². The van der Waals surface area contributed by atoms with Crippen LogP contribution < -0.4 is 0 Å². The van der Waals surface area contributed by atoms with Gasteiger partial charge < -0.3 is 42.6 Å². The van der Waals surface area contributed by atoms with E-state index in [4.69, 9.17) is 33.2 Å². The molecule has 0 saturated heterocycles. The van der Waals surface area contributed by atoms with E-state index in [9.17, 15) is 19.2 Å². The summed E-state index contributed by atoms with van der Waals surface area (Å²) in [6.45, 7) is 7.76. The lowest BCUT2D eigenvalue weighted by molar-refractivity contribution is -0.155. The molecule has 0 bridgehead atoms. The van der Waals surface area contributed by atoms with Gasteiger partial charge >= 0.3 is 24.2 Å². The van der Waals surface area contributed by atoms with E-state index in [1.807, 2.05) is 0 Å². The van der Waals surface area contributed by atoms with Gasteiger partial charge in [-0.25, -0.2) is 19.2 Å². The summed E-state index contributed by atoms with van der Waals surface area (Å²) in [5.74, 6) is -1.40. The summed E-state index contributed by atoms with van der Waals surface area (Å²) < 4.78 is 44.1. The molecule has 0 aromatic heterocycles. The Kier molecular flexibility index (Phi) is 18.4. The fourth-order valence-electron chi connectivity index (χ4n) is 1.87. The molecule has 33 heavy (non-hydrogen) atoms. The lowest BCUT2D eigenvalue weighted by Crippen LogP contribution is -2.28. The van der Waals surface area contributed by atoms with Gasteiger partial charge in [-0.3, -0.25) is 0 Å². The predicted octanol–water partition coefficient (Wildman–Crippen LogP) is 1.25. The molecule has 0 amide bonds. The maximum Gasteiger partial charge on any atom is 0.509 e. The first-order chi connectivity index (χ1) is 15.8. The summed E-state index contributed by atoms with van der Waals surface area (Å²) in [6, 6.07) is 0. The number of rotatable bonds is 18. The maximum atomic E-state index is 11.6. The second-order valence-electron chi connectivity index (χ2n) is 6.06. The number of carbonyl (C=O) groups is 4. The van der Waals surface area contributed by atoms with Gasteiger partial charge in [-0.05, 0) is 27.7 Å². The molecule has 0 aliphatic carbocycles. The molecule has 13 heteroatoms. The number of hydrogen-bond donors (Lipinski definition) is 0. The van der Waals surface area contributed by atoms with E-state index in [0.29, 0.717) is 13.2 Å². The Balaban J connectivity index is 3.49. The van der Waals surface area contributed by atoms with Crippen molar-refractivity contribution in [1.29, 1.82) is 0 Å². The van der Waals surface area contributed by atoms with Crippen molar-refractivity contribution >= 4 is 24.2 Å². The van der Waals surface area contributed by atoms with Crippen LogP contribution in [0.3, 0.4) is 0 Å². The number of hydrogen-bond acceptors (Lipinski definition) is 13. The summed E-state index contributed by atoms with van der Waals surface area (Å²) in [4.78, 5) is 45.4. The van der Waals surface area contributed by atoms with Crippen LogP contribution >= 0.6 is 0 Å². The molecule has 0 fully saturated rings. The molecule has 0 rings (SSSR count). The van der Waals surface area contributed by atoms with E-state index in [1.165, 1.54) is 13.8 Å². The average Bonchev–Trinajstić information content (AvgIpc) is 2.76. The smallest absolute Gasteiger partial charge is 0.461 e. The second kappa shape index (κ2) is 20.0. The largest absolute Gasteiger partial charge is 0.509 e. The molecule has 192 valence electrons. The predicted molar refractivity (Wildman–Crippen MR) is 110 cm³/mol. The summed E-state index contributed by atoms with van der Waals surface area (Å²) in [6.07, 6.45) is -4.01. The van der Waals surface area contributed by atoms with Crippen LogP contribution in [0.15, 0.2) is 0 Å². The van der Waals surface area contributed by atoms with E-state index in [-0.39, 0.29) is 52.9 Å². The average molecular weight is 482 g/mol. The molecule has 0 aliphatic heterocycles. The van der Waals surface area contributed by atoms with Crippen molar-refractivity contribution in [3.8, 4) is 0 Å². The Bertz CT molecular complexity index is 518. The first kappa shape index (κ1) is 30.4. The van der Waals surface area contributed by atoms with Crippen molar-refractivity contribution in [2.24, 2.45) is 0 Å². The molecule has 0 spiro atoms. The van der Waals surface area contributed by atoms with Crippen LogP contribution in [0.4, 0.5) is 9.59 Å². The van der Waals surface area contributed by atoms with E-state index in [2.05, 4.69) is 9.47 Å². The van der Waals surface area contributed by atoms with Crippen LogP contribution in [-0.4, -0.2) is 103 Å². The van der Waals surface area contributed by atoms with Gasteiger partial charge in [0, 0.05) is 0 Å². The third-order valence-corrected chi connectivity index (χ3v) is 3.42. The van der Waals surface area contributed by atoms with Gasteiger partial charge in [-0.2, -0.15) is 0 Å². The minimum atomic E-state index is -1.07. The topological polar surface area (TPSA) is 151 Å². The number of carbonyl (C=O) groups excluding carboxylic acids is 4. The van der Waals surface area contributed by atoms with E-state index < -0.39 is 36.5 Å². The van der Waals surface area contributed by atoms with Gasteiger partial charge in [0.15, 0.2) is 12.2 Å². The standard InChI is InChI=1S/C20H34O13/c1-5-28-19(23)32-15(3)17(21)30-13-11-26-9-7-25-8-10-27-12-14-31-18(22)16(4)33-20(24)29-6-2/h15-16H,5-14H2,1-4H3. The Morgan fingerprint density at radius 3 is 1.12 bits per heavy atom. The third-order valence-electron chi connectivity index (χ3n) is 3.42. The van der Waals surface area contributed by atoms with Crippen LogP contribution in [0.5, 0.6) is 0 Å². The lowest BCUT2D eigenvalue weighted by atomic mass is 10.4. The lowest BCUT2D eigenvalue weighted by Gasteiger charge is -2.12. The van der Waals surface area contributed by atoms with Gasteiger partial charge in [-0.15, -0.1) is 0 Å². The van der Waals surface area contributed by atoms with E-state index in [1.54, 1.807) is 13.8 Å². The monoisotopic (exact) mass is 482 g/mol. The van der Waals surface area contributed by atoms with Crippen LogP contribution in [0.2, 0.25) is 0 Å². The highest BCUT2D eigenvalue weighted by molar-refractivity contribution is 5.77. The highest BCUT2D eigenvalue weighted by atomic mass is 16.7. The third kappa shape index (κ3) is 17.6. The Morgan fingerprint density at radius 1 is 0.515 bits per heavy atom. The Labute approximate surface area is 192 Å². The van der Waals surface area contributed by atoms with Gasteiger partial charge in [-0.1, -0.05) is 0 Å². The zero-order chi connectivity index (χ0) is 24.9. The molecule has 2 unspecified atom stereocenters. The fraction of sp³-hybridized carbons (Fsp3) is 0.800. The minimum Gasteiger partial charge on any atom is -0.461 e. The molecular weight excluding hydrogens is 448 g/mol. The summed E-state index contributed by atoms with van der Waals surface area (Å²) >= 11 is 0. The van der Waals surface area contributed by atoms with E-state index >= 15 is 0 Å². The van der Waals surface area contributed by atoms with Crippen molar-refractivity contribution in [3.05, 3.63) is 0 Å². The molecule has 0 heterocycles.